The van der Waals surface area contributed by atoms with Crippen LogP contribution >= 0.6 is 0 Å². The summed E-state index contributed by atoms with van der Waals surface area (Å²) >= 11 is 0. The maximum Gasteiger partial charge on any atom is 0.0407 e. The molecule has 0 heterocycles. The fourth-order valence-electron chi connectivity index (χ4n) is 3.09. The van der Waals surface area contributed by atoms with Gasteiger partial charge in [0, 0.05) is 5.54 Å². The van der Waals surface area contributed by atoms with Crippen LogP contribution < -0.4 is 5.73 Å². The highest BCUT2D eigenvalue weighted by atomic mass is 14.7. The molecule has 1 nitrogen and oxygen atoms in total. The molecule has 0 bridgehead atoms. The third-order valence-electron chi connectivity index (χ3n) is 4.72. The lowest BCUT2D eigenvalue weighted by Crippen LogP contribution is -2.40. The molecule has 100 valence electrons. The second kappa shape index (κ2) is 5.44. The monoisotopic (exact) mass is 245 g/mol. The molecule has 0 fully saturated rings. The van der Waals surface area contributed by atoms with E-state index in [-0.39, 0.29) is 5.54 Å². The molecule has 1 aliphatic rings. The highest BCUT2D eigenvalue weighted by Gasteiger charge is 2.28. The Morgan fingerprint density at radius 2 is 1.89 bits per heavy atom. The zero-order valence-corrected chi connectivity index (χ0v) is 12.1. The number of fused-ring (bicyclic) bond motifs is 1. The molecule has 1 aromatic rings. The summed E-state index contributed by atoms with van der Waals surface area (Å²) in [6.07, 6.45) is 7.58. The fraction of sp³-hybridized carbons (Fsp3) is 0.647. The van der Waals surface area contributed by atoms with E-state index >= 15 is 0 Å². The Kier molecular flexibility index (Phi) is 4.11. The van der Waals surface area contributed by atoms with Crippen LogP contribution in [0.3, 0.4) is 0 Å². The molecule has 2 unspecified atom stereocenters. The van der Waals surface area contributed by atoms with Gasteiger partial charge in [0.25, 0.3) is 0 Å². The van der Waals surface area contributed by atoms with Crippen LogP contribution in [0.1, 0.15) is 63.1 Å². The number of nitrogens with two attached hydrogens (primary N) is 1. The summed E-state index contributed by atoms with van der Waals surface area (Å²) in [4.78, 5) is 0. The highest BCUT2D eigenvalue weighted by molar-refractivity contribution is 5.37. The van der Waals surface area contributed by atoms with Gasteiger partial charge in [-0.05, 0) is 61.6 Å². The number of hydrogen-bond acceptors (Lipinski definition) is 1. The molecule has 2 rings (SSSR count). The second-order valence-electron chi connectivity index (χ2n) is 6.16. The van der Waals surface area contributed by atoms with Gasteiger partial charge in [-0.1, -0.05) is 38.5 Å². The van der Waals surface area contributed by atoms with Gasteiger partial charge in [-0.25, -0.2) is 0 Å². The van der Waals surface area contributed by atoms with Gasteiger partial charge >= 0.3 is 0 Å². The van der Waals surface area contributed by atoms with E-state index < -0.39 is 0 Å². The van der Waals surface area contributed by atoms with Crippen molar-refractivity contribution in [1.82, 2.24) is 0 Å². The van der Waals surface area contributed by atoms with Crippen LogP contribution in [0.15, 0.2) is 18.2 Å². The largest absolute Gasteiger partial charge is 0.321 e. The van der Waals surface area contributed by atoms with Crippen molar-refractivity contribution in [2.45, 2.75) is 64.8 Å². The third-order valence-corrected chi connectivity index (χ3v) is 4.72. The molecule has 18 heavy (non-hydrogen) atoms. The van der Waals surface area contributed by atoms with Crippen LogP contribution in [0.4, 0.5) is 0 Å². The van der Waals surface area contributed by atoms with E-state index in [4.69, 9.17) is 5.73 Å². The maximum absolute atomic E-state index is 6.60. The van der Waals surface area contributed by atoms with E-state index in [2.05, 4.69) is 39.0 Å². The molecule has 0 amide bonds. The molecule has 2 N–H and O–H groups in total. The van der Waals surface area contributed by atoms with Crippen molar-refractivity contribution >= 4 is 0 Å². The zero-order valence-electron chi connectivity index (χ0n) is 12.1. The lowest BCUT2D eigenvalue weighted by Gasteiger charge is -2.33. The van der Waals surface area contributed by atoms with Crippen LogP contribution in [-0.2, 0) is 18.4 Å². The summed E-state index contributed by atoms with van der Waals surface area (Å²) in [5.41, 5.74) is 10.8. The van der Waals surface area contributed by atoms with Gasteiger partial charge in [0.15, 0.2) is 0 Å². The van der Waals surface area contributed by atoms with Crippen molar-refractivity contribution in [1.29, 1.82) is 0 Å². The number of benzene rings is 1. The van der Waals surface area contributed by atoms with Gasteiger partial charge in [-0.2, -0.15) is 0 Å². The first-order valence-corrected chi connectivity index (χ1v) is 7.47. The van der Waals surface area contributed by atoms with Crippen molar-refractivity contribution < 1.29 is 0 Å². The van der Waals surface area contributed by atoms with E-state index in [1.54, 1.807) is 11.1 Å². The Balaban J connectivity index is 2.27. The lowest BCUT2D eigenvalue weighted by atomic mass is 9.77. The van der Waals surface area contributed by atoms with E-state index in [1.807, 2.05) is 0 Å². The molecule has 1 aliphatic carbocycles. The molecule has 0 saturated carbocycles. The first-order chi connectivity index (χ1) is 8.55. The summed E-state index contributed by atoms with van der Waals surface area (Å²) in [5, 5.41) is 0. The Hall–Kier alpha value is -0.820. The summed E-state index contributed by atoms with van der Waals surface area (Å²) in [6, 6.07) is 6.95. The topological polar surface area (TPSA) is 26.0 Å². The molecule has 0 spiro atoms. The van der Waals surface area contributed by atoms with Crippen molar-refractivity contribution in [2.75, 3.05) is 0 Å². The lowest BCUT2D eigenvalue weighted by molar-refractivity contribution is 0.304. The molecular weight excluding hydrogens is 218 g/mol. The third kappa shape index (κ3) is 2.61. The normalized spacial score (nSPS) is 20.0. The van der Waals surface area contributed by atoms with Gasteiger partial charge in [-0.15, -0.1) is 0 Å². The number of rotatable bonds is 4. The van der Waals surface area contributed by atoms with E-state index in [9.17, 15) is 0 Å². The molecule has 0 saturated heterocycles. The van der Waals surface area contributed by atoms with Crippen LogP contribution in [0, 0.1) is 5.92 Å². The van der Waals surface area contributed by atoms with Gasteiger partial charge < -0.3 is 5.73 Å². The standard InChI is InChI=1S/C17H27N/c1-4-7-13(2)17(3,18)16-11-10-14-8-5-6-9-15(14)12-16/h10-13H,4-9,18H2,1-3H3. The van der Waals surface area contributed by atoms with Crippen molar-refractivity contribution in [3.05, 3.63) is 34.9 Å². The number of hydrogen-bond donors (Lipinski definition) is 1. The second-order valence-corrected chi connectivity index (χ2v) is 6.16. The Morgan fingerprint density at radius 3 is 2.56 bits per heavy atom. The molecule has 0 aliphatic heterocycles. The van der Waals surface area contributed by atoms with Crippen molar-refractivity contribution in [3.8, 4) is 0 Å². The van der Waals surface area contributed by atoms with E-state index in [0.717, 1.165) is 0 Å². The van der Waals surface area contributed by atoms with Gasteiger partial charge in [-0.3, -0.25) is 0 Å². The van der Waals surface area contributed by atoms with Crippen molar-refractivity contribution in [2.24, 2.45) is 11.7 Å². The Labute approximate surface area is 112 Å². The predicted molar refractivity (Wildman–Crippen MR) is 78.7 cm³/mol. The predicted octanol–water partition coefficient (Wildman–Crippen LogP) is 4.18. The molecule has 0 radical (unpaired) electrons. The number of aryl methyl sites for hydroxylation is 2. The SMILES string of the molecule is CCCC(C)C(C)(N)c1ccc2c(c1)CCCC2. The molecule has 2 atom stereocenters. The van der Waals surface area contributed by atoms with Gasteiger partial charge in [0.05, 0.1) is 0 Å². The van der Waals surface area contributed by atoms with Gasteiger partial charge in [0.2, 0.25) is 0 Å². The summed E-state index contributed by atoms with van der Waals surface area (Å²) in [6.45, 7) is 6.71. The highest BCUT2D eigenvalue weighted by Crippen LogP contribution is 2.32. The summed E-state index contributed by atoms with van der Waals surface area (Å²) in [7, 11) is 0. The van der Waals surface area contributed by atoms with E-state index in [1.165, 1.54) is 44.1 Å². The minimum Gasteiger partial charge on any atom is -0.321 e. The smallest absolute Gasteiger partial charge is 0.0407 e. The molecular formula is C17H27N. The Morgan fingerprint density at radius 1 is 1.22 bits per heavy atom. The van der Waals surface area contributed by atoms with Crippen LogP contribution in [0.5, 0.6) is 0 Å². The first kappa shape index (κ1) is 13.6. The average Bonchev–Trinajstić information content (AvgIpc) is 2.38. The zero-order chi connectivity index (χ0) is 13.2. The van der Waals surface area contributed by atoms with Gasteiger partial charge in [0.1, 0.15) is 0 Å². The minimum absolute atomic E-state index is 0.192. The van der Waals surface area contributed by atoms with E-state index in [0.29, 0.717) is 5.92 Å². The molecule has 0 aromatic heterocycles. The summed E-state index contributed by atoms with van der Waals surface area (Å²) in [5.74, 6) is 0.532. The molecule has 1 aromatic carbocycles. The molecule has 1 heteroatoms. The minimum atomic E-state index is -0.192. The quantitative estimate of drug-likeness (QED) is 0.846. The fourth-order valence-corrected chi connectivity index (χ4v) is 3.09. The van der Waals surface area contributed by atoms with Crippen LogP contribution in [0.2, 0.25) is 0 Å². The van der Waals surface area contributed by atoms with Crippen LogP contribution in [-0.4, -0.2) is 0 Å². The van der Waals surface area contributed by atoms with Crippen LogP contribution in [0.25, 0.3) is 0 Å². The first-order valence-electron chi connectivity index (χ1n) is 7.47. The average molecular weight is 245 g/mol. The maximum atomic E-state index is 6.60. The van der Waals surface area contributed by atoms with Crippen molar-refractivity contribution in [3.63, 3.8) is 0 Å². The Bertz CT molecular complexity index is 406. The summed E-state index contributed by atoms with van der Waals surface area (Å²) < 4.78 is 0.